The lowest BCUT2D eigenvalue weighted by molar-refractivity contribution is 0.00690. The van der Waals surface area contributed by atoms with Crippen LogP contribution in [0.4, 0.5) is 10.1 Å². The van der Waals surface area contributed by atoms with Gasteiger partial charge in [0.25, 0.3) is 10.1 Å². The third-order valence-electron chi connectivity index (χ3n) is 2.94. The first kappa shape index (κ1) is 21.7. The Kier molecular flexibility index (Phi) is 7.64. The van der Waals surface area contributed by atoms with E-state index >= 15 is 0 Å². The number of rotatable bonds is 8. The van der Waals surface area contributed by atoms with Crippen molar-refractivity contribution >= 4 is 33.4 Å². The summed E-state index contributed by atoms with van der Waals surface area (Å²) in [4.78, 5) is 13.5. The third kappa shape index (κ3) is 8.02. The molecular weight excluding hydrogens is 373 g/mol. The van der Waals surface area contributed by atoms with Crippen LogP contribution in [-0.4, -0.2) is 51.8 Å². The van der Waals surface area contributed by atoms with E-state index in [1.165, 1.54) is 12.1 Å². The molecule has 0 saturated carbocycles. The molecule has 6 nitrogen and oxygen atoms in total. The minimum atomic E-state index is -3.58. The van der Waals surface area contributed by atoms with Crippen LogP contribution in [-0.2, 0) is 19.0 Å². The molecule has 0 atom stereocenters. The van der Waals surface area contributed by atoms with E-state index in [1.54, 1.807) is 25.7 Å². The van der Waals surface area contributed by atoms with Crippen molar-refractivity contribution in [3.63, 3.8) is 0 Å². The Morgan fingerprint density at radius 1 is 1.28 bits per heavy atom. The molecule has 0 amide bonds. The van der Waals surface area contributed by atoms with Gasteiger partial charge in [-0.05, 0) is 39.0 Å². The van der Waals surface area contributed by atoms with E-state index in [1.807, 2.05) is 0 Å². The van der Waals surface area contributed by atoms with Crippen molar-refractivity contribution in [1.82, 2.24) is 0 Å². The van der Waals surface area contributed by atoms with E-state index in [0.29, 0.717) is 0 Å². The molecule has 0 aromatic heterocycles. The van der Waals surface area contributed by atoms with Crippen molar-refractivity contribution < 1.29 is 26.5 Å². The topological polar surface area (TPSA) is 72.9 Å². The number of nitrogens with zero attached hydrogens (tertiary/aromatic N) is 1. The third-order valence-corrected chi connectivity index (χ3v) is 3.70. The molecule has 0 saturated heterocycles. The molecule has 0 aliphatic carbocycles. The zero-order valence-electron chi connectivity index (χ0n) is 14.7. The first-order chi connectivity index (χ1) is 11.4. The summed E-state index contributed by atoms with van der Waals surface area (Å²) in [5.41, 5.74) is -0.390. The second-order valence-electron chi connectivity index (χ2n) is 6.37. The standard InChI is InChI=1S/C16H23ClFNO5S/c1-16(2,3)24-15(20)12-5-6-14(13(18)11-12)19(8-7-17)9-10-23-25(4,21)22/h5-6,11H,7-10H2,1-4H3. The predicted molar refractivity (Wildman–Crippen MR) is 95.3 cm³/mol. The van der Waals surface area contributed by atoms with E-state index in [2.05, 4.69) is 4.18 Å². The molecule has 0 aliphatic heterocycles. The van der Waals surface area contributed by atoms with Gasteiger partial charge in [0, 0.05) is 19.0 Å². The Hall–Kier alpha value is -1.38. The van der Waals surface area contributed by atoms with E-state index in [9.17, 15) is 17.6 Å². The van der Waals surface area contributed by atoms with Gasteiger partial charge < -0.3 is 9.64 Å². The minimum absolute atomic E-state index is 0.0920. The number of hydrogen-bond donors (Lipinski definition) is 0. The summed E-state index contributed by atoms with van der Waals surface area (Å²) in [6.45, 7) is 5.45. The molecule has 0 unspecified atom stereocenters. The first-order valence-electron chi connectivity index (χ1n) is 7.61. The highest BCUT2D eigenvalue weighted by atomic mass is 35.5. The van der Waals surface area contributed by atoms with Gasteiger partial charge in [-0.25, -0.2) is 9.18 Å². The maximum absolute atomic E-state index is 14.4. The molecule has 0 spiro atoms. The monoisotopic (exact) mass is 395 g/mol. The SMILES string of the molecule is CC(C)(C)OC(=O)c1ccc(N(CCCl)CCOS(C)(=O)=O)c(F)c1. The zero-order chi connectivity index (χ0) is 19.3. The van der Waals surface area contributed by atoms with Crippen LogP contribution in [0, 0.1) is 5.82 Å². The van der Waals surface area contributed by atoms with Gasteiger partial charge in [0.05, 0.1) is 24.1 Å². The average Bonchev–Trinajstić information content (AvgIpc) is 2.43. The molecule has 0 radical (unpaired) electrons. The Morgan fingerprint density at radius 3 is 2.40 bits per heavy atom. The number of carbonyl (C=O) groups is 1. The fourth-order valence-electron chi connectivity index (χ4n) is 1.98. The van der Waals surface area contributed by atoms with Crippen molar-refractivity contribution in [2.45, 2.75) is 26.4 Å². The first-order valence-corrected chi connectivity index (χ1v) is 9.96. The molecule has 142 valence electrons. The van der Waals surface area contributed by atoms with Crippen molar-refractivity contribution in [1.29, 1.82) is 0 Å². The van der Waals surface area contributed by atoms with Crippen molar-refractivity contribution in [3.8, 4) is 0 Å². The van der Waals surface area contributed by atoms with E-state index in [-0.39, 0.29) is 36.8 Å². The molecule has 1 rings (SSSR count). The summed E-state index contributed by atoms with van der Waals surface area (Å²) in [6, 6.07) is 3.97. The van der Waals surface area contributed by atoms with Crippen LogP contribution in [0.5, 0.6) is 0 Å². The van der Waals surface area contributed by atoms with Gasteiger partial charge in [-0.15, -0.1) is 11.6 Å². The van der Waals surface area contributed by atoms with Crippen LogP contribution in [0.25, 0.3) is 0 Å². The lowest BCUT2D eigenvalue weighted by Crippen LogP contribution is -2.31. The van der Waals surface area contributed by atoms with Crippen LogP contribution >= 0.6 is 11.6 Å². The van der Waals surface area contributed by atoms with Crippen LogP contribution in [0.3, 0.4) is 0 Å². The minimum Gasteiger partial charge on any atom is -0.456 e. The molecule has 9 heteroatoms. The lowest BCUT2D eigenvalue weighted by Gasteiger charge is -2.24. The number of hydrogen-bond acceptors (Lipinski definition) is 6. The number of alkyl halides is 1. The molecule has 0 N–H and O–H groups in total. The molecule has 0 bridgehead atoms. The number of anilines is 1. The summed E-state index contributed by atoms with van der Waals surface area (Å²) in [5.74, 6) is -1.04. The van der Waals surface area contributed by atoms with Gasteiger partial charge in [-0.3, -0.25) is 4.18 Å². The Labute approximate surface area is 153 Å². The fourth-order valence-corrected chi connectivity index (χ4v) is 2.56. The highest BCUT2D eigenvalue weighted by Gasteiger charge is 2.20. The second-order valence-corrected chi connectivity index (χ2v) is 8.39. The molecule has 0 fully saturated rings. The predicted octanol–water partition coefficient (Wildman–Crippen LogP) is 2.80. The van der Waals surface area contributed by atoms with E-state index in [4.69, 9.17) is 16.3 Å². The van der Waals surface area contributed by atoms with Gasteiger partial charge in [0.15, 0.2) is 0 Å². The maximum Gasteiger partial charge on any atom is 0.338 e. The van der Waals surface area contributed by atoms with Crippen molar-refractivity contribution in [3.05, 3.63) is 29.6 Å². The normalized spacial score (nSPS) is 12.1. The van der Waals surface area contributed by atoms with E-state index in [0.717, 1.165) is 12.3 Å². The number of esters is 1. The van der Waals surface area contributed by atoms with Gasteiger partial charge in [0.1, 0.15) is 11.4 Å². The zero-order valence-corrected chi connectivity index (χ0v) is 16.3. The summed E-state index contributed by atoms with van der Waals surface area (Å²) in [5, 5.41) is 0. The summed E-state index contributed by atoms with van der Waals surface area (Å²) in [6.07, 6.45) is 0.940. The molecule has 0 heterocycles. The number of carbonyl (C=O) groups excluding carboxylic acids is 1. The quantitative estimate of drug-likeness (QED) is 0.383. The number of benzene rings is 1. The van der Waals surface area contributed by atoms with Gasteiger partial charge in [-0.1, -0.05) is 0 Å². The molecule has 0 aliphatic rings. The smallest absolute Gasteiger partial charge is 0.338 e. The largest absolute Gasteiger partial charge is 0.456 e. The highest BCUT2D eigenvalue weighted by Crippen LogP contribution is 2.22. The molecule has 1 aromatic rings. The lowest BCUT2D eigenvalue weighted by atomic mass is 10.1. The van der Waals surface area contributed by atoms with Crippen LogP contribution in [0.1, 0.15) is 31.1 Å². The van der Waals surface area contributed by atoms with Crippen molar-refractivity contribution in [2.75, 3.05) is 36.7 Å². The second kappa shape index (κ2) is 8.82. The maximum atomic E-state index is 14.4. The Bertz CT molecular complexity index is 703. The summed E-state index contributed by atoms with van der Waals surface area (Å²) >= 11 is 5.72. The van der Waals surface area contributed by atoms with Gasteiger partial charge in [0.2, 0.25) is 0 Å². The van der Waals surface area contributed by atoms with Gasteiger partial charge in [-0.2, -0.15) is 8.42 Å². The van der Waals surface area contributed by atoms with Crippen molar-refractivity contribution in [2.24, 2.45) is 0 Å². The van der Waals surface area contributed by atoms with Crippen LogP contribution < -0.4 is 4.90 Å². The fraction of sp³-hybridized carbons (Fsp3) is 0.562. The van der Waals surface area contributed by atoms with Crippen LogP contribution in [0.15, 0.2) is 18.2 Å². The van der Waals surface area contributed by atoms with Gasteiger partial charge >= 0.3 is 5.97 Å². The summed E-state index contributed by atoms with van der Waals surface area (Å²) < 4.78 is 46.3. The Morgan fingerprint density at radius 2 is 1.92 bits per heavy atom. The molecular formula is C16H23ClFNO5S. The van der Waals surface area contributed by atoms with Crippen LogP contribution in [0.2, 0.25) is 0 Å². The molecule has 25 heavy (non-hydrogen) atoms. The highest BCUT2D eigenvalue weighted by molar-refractivity contribution is 7.85. The number of halogens is 2. The number of ether oxygens (including phenoxy) is 1. The summed E-state index contributed by atoms with van der Waals surface area (Å²) in [7, 11) is -3.58. The molecule has 1 aromatic carbocycles. The average molecular weight is 396 g/mol. The Balaban J connectivity index is 2.92. The van der Waals surface area contributed by atoms with E-state index < -0.39 is 27.5 Å².